The zero-order valence-electron chi connectivity index (χ0n) is 31.0. The van der Waals surface area contributed by atoms with Crippen LogP contribution < -0.4 is 0 Å². The van der Waals surface area contributed by atoms with E-state index in [1.54, 1.807) is 0 Å². The van der Waals surface area contributed by atoms with Crippen molar-refractivity contribution in [2.75, 3.05) is 0 Å². The van der Waals surface area contributed by atoms with E-state index in [-0.39, 0.29) is 0 Å². The molecule has 0 fully saturated rings. The Labute approximate surface area is 330 Å². The highest BCUT2D eigenvalue weighted by Gasteiger charge is 2.16. The summed E-state index contributed by atoms with van der Waals surface area (Å²) in [6.07, 6.45) is 0. The van der Waals surface area contributed by atoms with Crippen LogP contribution in [0, 0.1) is 0 Å². The highest BCUT2D eigenvalue weighted by atomic mass is 15.0. The van der Waals surface area contributed by atoms with Gasteiger partial charge >= 0.3 is 0 Å². The number of nitrogens with zero attached hydrogens (tertiary/aromatic N) is 3. The van der Waals surface area contributed by atoms with E-state index in [9.17, 15) is 0 Å². The normalized spacial score (nSPS) is 11.5. The number of hydrogen-bond donors (Lipinski definition) is 0. The lowest BCUT2D eigenvalue weighted by Crippen LogP contribution is -1.95. The molecule has 0 aliphatic carbocycles. The molecule has 0 unspecified atom stereocenters. The van der Waals surface area contributed by atoms with Crippen molar-refractivity contribution >= 4 is 43.5 Å². The van der Waals surface area contributed by atoms with Crippen molar-refractivity contribution < 1.29 is 0 Å². The SMILES string of the molecule is c1ccc(-c2cc(-c3ccc4c(ccc5nc(-c6ccccc6)cc(-c6ccccc6)c54)c3)cc(-c3ccc(-n4c5ccccc5c5ccccc54)cc3)n2)cc1. The number of hydrogen-bond acceptors (Lipinski definition) is 2. The van der Waals surface area contributed by atoms with Crippen LogP contribution in [0.5, 0.6) is 0 Å². The van der Waals surface area contributed by atoms with E-state index in [4.69, 9.17) is 9.97 Å². The molecule has 0 spiro atoms. The molecule has 0 bridgehead atoms. The van der Waals surface area contributed by atoms with Gasteiger partial charge in [-0.2, -0.15) is 0 Å². The predicted octanol–water partition coefficient (Wildman–Crippen LogP) is 14.2. The fourth-order valence-electron chi connectivity index (χ4n) is 8.43. The summed E-state index contributed by atoms with van der Waals surface area (Å²) in [4.78, 5) is 10.5. The summed E-state index contributed by atoms with van der Waals surface area (Å²) in [5, 5.41) is 6.02. The first-order valence-corrected chi connectivity index (χ1v) is 19.4. The van der Waals surface area contributed by atoms with Gasteiger partial charge in [-0.1, -0.05) is 158 Å². The van der Waals surface area contributed by atoms with Crippen molar-refractivity contribution in [2.45, 2.75) is 0 Å². The molecule has 0 saturated carbocycles. The van der Waals surface area contributed by atoms with Crippen molar-refractivity contribution in [1.82, 2.24) is 14.5 Å². The number of rotatable bonds is 6. The summed E-state index contributed by atoms with van der Waals surface area (Å²) < 4.78 is 2.35. The Kier molecular flexibility index (Phi) is 7.82. The molecule has 0 N–H and O–H groups in total. The minimum absolute atomic E-state index is 0.933. The van der Waals surface area contributed by atoms with E-state index in [0.717, 1.165) is 61.5 Å². The van der Waals surface area contributed by atoms with E-state index in [1.807, 2.05) is 6.07 Å². The minimum Gasteiger partial charge on any atom is -0.309 e. The van der Waals surface area contributed by atoms with Crippen LogP contribution >= 0.6 is 0 Å². The van der Waals surface area contributed by atoms with E-state index < -0.39 is 0 Å². The van der Waals surface area contributed by atoms with E-state index in [1.165, 1.54) is 43.7 Å². The van der Waals surface area contributed by atoms with Crippen molar-refractivity contribution in [3.8, 4) is 61.7 Å². The molecule has 3 aromatic heterocycles. The van der Waals surface area contributed by atoms with Gasteiger partial charge in [0.2, 0.25) is 0 Å². The molecule has 0 saturated heterocycles. The maximum atomic E-state index is 5.26. The highest BCUT2D eigenvalue weighted by Crippen LogP contribution is 2.39. The standard InChI is InChI=1S/C54H35N3/c1-4-14-36(15-5-1)47-35-51(38-18-8-3-9-19-38)55-48-31-27-41-32-40(26-30-44(41)54(47)48)42-33-49(37-16-6-2-7-17-37)56-50(34-42)39-24-28-43(29-25-39)57-52-22-12-10-20-45(52)46-21-11-13-23-53(46)57/h1-35H. The number of pyridine rings is 2. The smallest absolute Gasteiger partial charge is 0.0722 e. The van der Waals surface area contributed by atoms with Crippen LogP contribution in [0.4, 0.5) is 0 Å². The van der Waals surface area contributed by atoms with Gasteiger partial charge < -0.3 is 4.57 Å². The third kappa shape index (κ3) is 5.76. The average molecular weight is 726 g/mol. The lowest BCUT2D eigenvalue weighted by atomic mass is 9.92. The molecule has 0 aliphatic rings. The van der Waals surface area contributed by atoms with Crippen LogP contribution in [0.1, 0.15) is 0 Å². The Morgan fingerprint density at radius 2 is 0.825 bits per heavy atom. The van der Waals surface area contributed by atoms with Gasteiger partial charge in [-0.05, 0) is 87.6 Å². The Balaban J connectivity index is 1.04. The minimum atomic E-state index is 0.933. The van der Waals surface area contributed by atoms with Crippen molar-refractivity contribution in [2.24, 2.45) is 0 Å². The van der Waals surface area contributed by atoms with Gasteiger partial charge in [-0.3, -0.25) is 0 Å². The fourth-order valence-corrected chi connectivity index (χ4v) is 8.43. The Bertz CT molecular complexity index is 3200. The van der Waals surface area contributed by atoms with Crippen LogP contribution in [-0.4, -0.2) is 14.5 Å². The number of para-hydroxylation sites is 2. The second-order valence-corrected chi connectivity index (χ2v) is 14.6. The molecular formula is C54H35N3. The molecular weight excluding hydrogens is 691 g/mol. The molecule has 8 aromatic carbocycles. The Morgan fingerprint density at radius 3 is 1.44 bits per heavy atom. The van der Waals surface area contributed by atoms with Crippen LogP contribution in [0.25, 0.3) is 105 Å². The first kappa shape index (κ1) is 32.8. The van der Waals surface area contributed by atoms with Gasteiger partial charge in [-0.25, -0.2) is 9.97 Å². The second kappa shape index (κ2) is 13.6. The Hall–Kier alpha value is -7.62. The molecule has 0 amide bonds. The van der Waals surface area contributed by atoms with Crippen molar-refractivity contribution in [3.63, 3.8) is 0 Å². The molecule has 11 rings (SSSR count). The molecule has 0 aliphatic heterocycles. The highest BCUT2D eigenvalue weighted by molar-refractivity contribution is 6.14. The van der Waals surface area contributed by atoms with Gasteiger partial charge in [0.1, 0.15) is 0 Å². The Morgan fingerprint density at radius 1 is 0.316 bits per heavy atom. The van der Waals surface area contributed by atoms with E-state index >= 15 is 0 Å². The first-order chi connectivity index (χ1) is 28.2. The quantitative estimate of drug-likeness (QED) is 0.160. The van der Waals surface area contributed by atoms with Gasteiger partial charge in [-0.15, -0.1) is 0 Å². The van der Waals surface area contributed by atoms with Gasteiger partial charge in [0, 0.05) is 38.5 Å². The number of fused-ring (bicyclic) bond motifs is 6. The maximum absolute atomic E-state index is 5.26. The summed E-state index contributed by atoms with van der Waals surface area (Å²) in [5.41, 5.74) is 15.2. The molecule has 3 heterocycles. The third-order valence-electron chi connectivity index (χ3n) is 11.2. The lowest BCUT2D eigenvalue weighted by Gasteiger charge is -2.15. The summed E-state index contributed by atoms with van der Waals surface area (Å²) in [5.74, 6) is 0. The number of aromatic nitrogens is 3. The van der Waals surface area contributed by atoms with Crippen molar-refractivity contribution in [3.05, 3.63) is 212 Å². The van der Waals surface area contributed by atoms with E-state index in [0.29, 0.717) is 0 Å². The summed E-state index contributed by atoms with van der Waals surface area (Å²) in [6, 6.07) is 75.6. The fraction of sp³-hybridized carbons (Fsp3) is 0. The molecule has 266 valence electrons. The van der Waals surface area contributed by atoms with Gasteiger partial charge in [0.25, 0.3) is 0 Å². The summed E-state index contributed by atoms with van der Waals surface area (Å²) in [6.45, 7) is 0. The average Bonchev–Trinajstić information content (AvgIpc) is 3.63. The van der Waals surface area contributed by atoms with Crippen LogP contribution in [0.15, 0.2) is 212 Å². The first-order valence-electron chi connectivity index (χ1n) is 19.4. The maximum Gasteiger partial charge on any atom is 0.0722 e. The lowest BCUT2D eigenvalue weighted by molar-refractivity contribution is 1.18. The van der Waals surface area contributed by atoms with Crippen molar-refractivity contribution in [1.29, 1.82) is 0 Å². The predicted molar refractivity (Wildman–Crippen MR) is 239 cm³/mol. The topological polar surface area (TPSA) is 30.7 Å². The van der Waals surface area contributed by atoms with Crippen LogP contribution in [0.3, 0.4) is 0 Å². The molecule has 3 nitrogen and oxygen atoms in total. The van der Waals surface area contributed by atoms with E-state index in [2.05, 4.69) is 211 Å². The molecule has 11 aromatic rings. The monoisotopic (exact) mass is 725 g/mol. The summed E-state index contributed by atoms with van der Waals surface area (Å²) >= 11 is 0. The molecule has 0 atom stereocenters. The third-order valence-corrected chi connectivity index (χ3v) is 11.2. The summed E-state index contributed by atoms with van der Waals surface area (Å²) in [7, 11) is 0. The molecule has 3 heteroatoms. The van der Waals surface area contributed by atoms with Gasteiger partial charge in [0.15, 0.2) is 0 Å². The van der Waals surface area contributed by atoms with Crippen LogP contribution in [0.2, 0.25) is 0 Å². The molecule has 57 heavy (non-hydrogen) atoms. The zero-order chi connectivity index (χ0) is 37.7. The van der Waals surface area contributed by atoms with Crippen LogP contribution in [-0.2, 0) is 0 Å². The molecule has 0 radical (unpaired) electrons. The largest absolute Gasteiger partial charge is 0.309 e. The van der Waals surface area contributed by atoms with Gasteiger partial charge in [0.05, 0.1) is 33.6 Å². The number of benzene rings is 8. The second-order valence-electron chi connectivity index (χ2n) is 14.6. The zero-order valence-corrected chi connectivity index (χ0v) is 31.0.